The highest BCUT2D eigenvalue weighted by Gasteiger charge is 2.40. The van der Waals surface area contributed by atoms with Gasteiger partial charge < -0.3 is 10.1 Å². The fourth-order valence-corrected chi connectivity index (χ4v) is 2.73. The molecule has 1 N–H and O–H groups in total. The van der Waals surface area contributed by atoms with Crippen LogP contribution in [0, 0.1) is 5.92 Å². The number of para-hydroxylation sites is 1. The number of hydrogen-bond acceptors (Lipinski definition) is 2. The Morgan fingerprint density at radius 3 is 2.58 bits per heavy atom. The Hall–Kier alpha value is -1.23. The molecule has 0 saturated heterocycles. The summed E-state index contributed by atoms with van der Waals surface area (Å²) in [6.45, 7) is 4.97. The summed E-state index contributed by atoms with van der Waals surface area (Å²) < 4.78 is 41.2. The number of ether oxygens (including phenoxy) is 1. The predicted octanol–water partition coefficient (Wildman–Crippen LogP) is 3.69. The van der Waals surface area contributed by atoms with Crippen LogP contribution in [0.25, 0.3) is 0 Å². The SMILES string of the molecule is CCNC1CC(c2ccccc2OC(F)(F)F)C1C. The van der Waals surface area contributed by atoms with E-state index in [2.05, 4.69) is 17.0 Å². The summed E-state index contributed by atoms with van der Waals surface area (Å²) in [5.41, 5.74) is 0.654. The molecule has 1 aromatic rings. The Morgan fingerprint density at radius 2 is 2.00 bits per heavy atom. The molecule has 0 radical (unpaired) electrons. The first-order valence-electron chi connectivity index (χ1n) is 6.50. The molecule has 3 atom stereocenters. The molecular formula is C14H18F3NO. The molecule has 106 valence electrons. The van der Waals surface area contributed by atoms with Crippen LogP contribution in [0.1, 0.15) is 31.7 Å². The fourth-order valence-electron chi connectivity index (χ4n) is 2.73. The van der Waals surface area contributed by atoms with Gasteiger partial charge in [0, 0.05) is 6.04 Å². The summed E-state index contributed by atoms with van der Waals surface area (Å²) >= 11 is 0. The zero-order valence-corrected chi connectivity index (χ0v) is 11.0. The molecule has 1 saturated carbocycles. The van der Waals surface area contributed by atoms with Gasteiger partial charge in [0.2, 0.25) is 0 Å². The molecule has 2 rings (SSSR count). The van der Waals surface area contributed by atoms with E-state index in [4.69, 9.17) is 0 Å². The summed E-state index contributed by atoms with van der Waals surface area (Å²) in [4.78, 5) is 0. The zero-order chi connectivity index (χ0) is 14.0. The summed E-state index contributed by atoms with van der Waals surface area (Å²) in [6.07, 6.45) is -3.78. The van der Waals surface area contributed by atoms with Crippen LogP contribution in [0.15, 0.2) is 24.3 Å². The molecule has 3 unspecified atom stereocenters. The lowest BCUT2D eigenvalue weighted by Crippen LogP contribution is -2.47. The highest BCUT2D eigenvalue weighted by atomic mass is 19.4. The lowest BCUT2D eigenvalue weighted by Gasteiger charge is -2.44. The third-order valence-electron chi connectivity index (χ3n) is 3.79. The van der Waals surface area contributed by atoms with E-state index in [0.717, 1.165) is 13.0 Å². The summed E-state index contributed by atoms with van der Waals surface area (Å²) in [5.74, 6) is 0.377. The highest BCUT2D eigenvalue weighted by Crippen LogP contribution is 2.46. The minimum atomic E-state index is -4.63. The van der Waals surface area contributed by atoms with E-state index in [0.29, 0.717) is 17.5 Å². The second kappa shape index (κ2) is 5.41. The second-order valence-electron chi connectivity index (χ2n) is 4.95. The predicted molar refractivity (Wildman–Crippen MR) is 67.1 cm³/mol. The number of alkyl halides is 3. The van der Waals surface area contributed by atoms with Gasteiger partial charge in [0.1, 0.15) is 5.75 Å². The summed E-state index contributed by atoms with van der Waals surface area (Å²) in [7, 11) is 0. The number of halogens is 3. The van der Waals surface area contributed by atoms with E-state index in [1.807, 2.05) is 6.92 Å². The summed E-state index contributed by atoms with van der Waals surface area (Å²) in [6, 6.07) is 6.82. The highest BCUT2D eigenvalue weighted by molar-refractivity contribution is 5.38. The lowest BCUT2D eigenvalue weighted by atomic mass is 9.67. The van der Waals surface area contributed by atoms with E-state index in [1.165, 1.54) is 6.07 Å². The van der Waals surface area contributed by atoms with Crippen LogP contribution < -0.4 is 10.1 Å². The average Bonchev–Trinajstić information content (AvgIpc) is 2.33. The van der Waals surface area contributed by atoms with Crippen LogP contribution in [0.4, 0.5) is 13.2 Å². The maximum absolute atomic E-state index is 12.4. The number of nitrogens with one attached hydrogen (secondary N) is 1. The molecule has 0 bridgehead atoms. The van der Waals surface area contributed by atoms with Gasteiger partial charge in [-0.05, 0) is 36.4 Å². The zero-order valence-electron chi connectivity index (χ0n) is 11.0. The van der Waals surface area contributed by atoms with E-state index >= 15 is 0 Å². The Balaban J connectivity index is 2.13. The van der Waals surface area contributed by atoms with E-state index < -0.39 is 6.36 Å². The quantitative estimate of drug-likeness (QED) is 0.903. The van der Waals surface area contributed by atoms with Crippen LogP contribution in [-0.2, 0) is 0 Å². The van der Waals surface area contributed by atoms with Gasteiger partial charge in [0.25, 0.3) is 0 Å². The molecule has 0 amide bonds. The smallest absolute Gasteiger partial charge is 0.405 e. The Kier molecular flexibility index (Phi) is 4.04. The second-order valence-corrected chi connectivity index (χ2v) is 4.95. The van der Waals surface area contributed by atoms with Gasteiger partial charge in [-0.3, -0.25) is 0 Å². The minimum absolute atomic E-state index is 0.0678. The van der Waals surface area contributed by atoms with Crippen LogP contribution in [0.5, 0.6) is 5.75 Å². The Bertz CT molecular complexity index is 433. The number of hydrogen-bond donors (Lipinski definition) is 1. The van der Waals surface area contributed by atoms with E-state index in [9.17, 15) is 13.2 Å². The topological polar surface area (TPSA) is 21.3 Å². The van der Waals surface area contributed by atoms with Crippen molar-refractivity contribution in [3.05, 3.63) is 29.8 Å². The number of rotatable bonds is 4. The van der Waals surface area contributed by atoms with Crippen LogP contribution in [0.3, 0.4) is 0 Å². The normalized spacial score (nSPS) is 26.9. The maximum Gasteiger partial charge on any atom is 0.573 e. The molecule has 0 heterocycles. The van der Waals surface area contributed by atoms with Gasteiger partial charge >= 0.3 is 6.36 Å². The third-order valence-corrected chi connectivity index (χ3v) is 3.79. The molecule has 1 aliphatic rings. The van der Waals surface area contributed by atoms with Gasteiger partial charge in [-0.2, -0.15) is 0 Å². The van der Waals surface area contributed by atoms with Crippen molar-refractivity contribution in [3.63, 3.8) is 0 Å². The van der Waals surface area contributed by atoms with Crippen LogP contribution in [0.2, 0.25) is 0 Å². The Morgan fingerprint density at radius 1 is 1.32 bits per heavy atom. The fraction of sp³-hybridized carbons (Fsp3) is 0.571. The van der Waals surface area contributed by atoms with Crippen molar-refractivity contribution in [1.29, 1.82) is 0 Å². The molecule has 0 aliphatic heterocycles. The first-order valence-corrected chi connectivity index (χ1v) is 6.50. The molecule has 1 aliphatic carbocycles. The molecular weight excluding hydrogens is 255 g/mol. The third kappa shape index (κ3) is 3.21. The molecule has 1 fully saturated rings. The monoisotopic (exact) mass is 273 g/mol. The standard InChI is InChI=1S/C14H18F3NO/c1-3-18-12-8-11(9(12)2)10-6-4-5-7-13(10)19-14(15,16)17/h4-7,9,11-12,18H,3,8H2,1-2H3. The molecule has 0 spiro atoms. The maximum atomic E-state index is 12.4. The van der Waals surface area contributed by atoms with Crippen molar-refractivity contribution < 1.29 is 17.9 Å². The van der Waals surface area contributed by atoms with Crippen molar-refractivity contribution in [2.45, 2.75) is 38.6 Å². The first-order chi connectivity index (χ1) is 8.92. The number of benzene rings is 1. The molecule has 2 nitrogen and oxygen atoms in total. The van der Waals surface area contributed by atoms with Crippen molar-refractivity contribution >= 4 is 0 Å². The van der Waals surface area contributed by atoms with Gasteiger partial charge in [-0.15, -0.1) is 13.2 Å². The van der Waals surface area contributed by atoms with Crippen molar-refractivity contribution in [1.82, 2.24) is 5.32 Å². The van der Waals surface area contributed by atoms with E-state index in [1.54, 1.807) is 18.2 Å². The molecule has 5 heteroatoms. The van der Waals surface area contributed by atoms with Gasteiger partial charge in [0.15, 0.2) is 0 Å². The molecule has 1 aromatic carbocycles. The van der Waals surface area contributed by atoms with Crippen LogP contribution >= 0.6 is 0 Å². The van der Waals surface area contributed by atoms with Crippen LogP contribution in [-0.4, -0.2) is 18.9 Å². The van der Waals surface area contributed by atoms with Crippen molar-refractivity contribution in [2.24, 2.45) is 5.92 Å². The Labute approximate surface area is 111 Å². The average molecular weight is 273 g/mol. The van der Waals surface area contributed by atoms with Gasteiger partial charge in [-0.25, -0.2) is 0 Å². The van der Waals surface area contributed by atoms with Gasteiger partial charge in [0.05, 0.1) is 0 Å². The summed E-state index contributed by atoms with van der Waals surface area (Å²) in [5, 5.41) is 3.34. The minimum Gasteiger partial charge on any atom is -0.405 e. The largest absolute Gasteiger partial charge is 0.573 e. The lowest BCUT2D eigenvalue weighted by molar-refractivity contribution is -0.275. The molecule has 0 aromatic heterocycles. The van der Waals surface area contributed by atoms with Crippen molar-refractivity contribution in [2.75, 3.05) is 6.54 Å². The van der Waals surface area contributed by atoms with Crippen molar-refractivity contribution in [3.8, 4) is 5.75 Å². The van der Waals surface area contributed by atoms with E-state index in [-0.39, 0.29) is 11.7 Å². The van der Waals surface area contributed by atoms with Gasteiger partial charge in [-0.1, -0.05) is 32.0 Å². The molecule has 19 heavy (non-hydrogen) atoms. The first kappa shape index (κ1) is 14.2.